The molecule has 0 spiro atoms. The van der Waals surface area contributed by atoms with Gasteiger partial charge in [-0.05, 0) is 66.8 Å². The predicted octanol–water partition coefficient (Wildman–Crippen LogP) is 5.13. The SMILES string of the molecule is CCOc1cc(C=c2sc3n(c2=O)C(c2ccc(OCc4ccccc4)c(OC)c2)C(C(=O)OCC(C)C)=C(C)N=3)ccc1O. The molecule has 0 bridgehead atoms. The van der Waals surface area contributed by atoms with Crippen LogP contribution in [-0.2, 0) is 16.1 Å². The largest absolute Gasteiger partial charge is 0.504 e. The summed E-state index contributed by atoms with van der Waals surface area (Å²) in [5.74, 6) is 0.919. The number of phenolic OH excluding ortho intramolecular Hbond substituents is 1. The number of esters is 1. The van der Waals surface area contributed by atoms with Crippen molar-refractivity contribution in [2.75, 3.05) is 20.3 Å². The van der Waals surface area contributed by atoms with Crippen LogP contribution >= 0.6 is 11.3 Å². The molecule has 9 nitrogen and oxygen atoms in total. The molecule has 0 aliphatic carbocycles. The summed E-state index contributed by atoms with van der Waals surface area (Å²) in [6.07, 6.45) is 1.72. The van der Waals surface area contributed by atoms with Crippen molar-refractivity contribution in [3.63, 3.8) is 0 Å². The van der Waals surface area contributed by atoms with Gasteiger partial charge in [0.25, 0.3) is 5.56 Å². The van der Waals surface area contributed by atoms with E-state index in [4.69, 9.17) is 18.9 Å². The van der Waals surface area contributed by atoms with E-state index in [1.54, 1.807) is 44.4 Å². The van der Waals surface area contributed by atoms with E-state index in [0.717, 1.165) is 5.56 Å². The first kappa shape index (κ1) is 31.6. The third-order valence-electron chi connectivity index (χ3n) is 7.11. The minimum atomic E-state index is -0.820. The second kappa shape index (κ2) is 13.9. The number of benzene rings is 3. The molecular weight excluding hydrogens is 592 g/mol. The molecule has 1 unspecified atom stereocenters. The molecule has 45 heavy (non-hydrogen) atoms. The quantitative estimate of drug-likeness (QED) is 0.230. The minimum absolute atomic E-state index is 0.0146. The van der Waals surface area contributed by atoms with Gasteiger partial charge in [-0.1, -0.05) is 67.6 Å². The van der Waals surface area contributed by atoms with E-state index in [1.807, 2.05) is 57.2 Å². The maximum atomic E-state index is 14.1. The normalized spacial score (nSPS) is 14.6. The topological polar surface area (TPSA) is 109 Å². The molecule has 2 heterocycles. The van der Waals surface area contributed by atoms with Crippen LogP contribution in [-0.4, -0.2) is 36.0 Å². The number of hydrogen-bond donors (Lipinski definition) is 1. The third-order valence-corrected chi connectivity index (χ3v) is 8.09. The Bertz CT molecular complexity index is 1910. The van der Waals surface area contributed by atoms with Crippen LogP contribution < -0.4 is 29.1 Å². The van der Waals surface area contributed by atoms with Crippen LogP contribution in [0.3, 0.4) is 0 Å². The van der Waals surface area contributed by atoms with Crippen LogP contribution in [0.2, 0.25) is 0 Å². The van der Waals surface area contributed by atoms with Crippen molar-refractivity contribution in [3.05, 3.63) is 114 Å². The number of carbonyl (C=O) groups excluding carboxylic acids is 1. The van der Waals surface area contributed by atoms with Crippen molar-refractivity contribution in [2.24, 2.45) is 10.9 Å². The molecule has 1 aliphatic rings. The zero-order valence-corrected chi connectivity index (χ0v) is 26.7. The zero-order valence-electron chi connectivity index (χ0n) is 25.9. The number of methoxy groups -OCH3 is 1. The number of rotatable bonds is 11. The molecule has 0 amide bonds. The van der Waals surface area contributed by atoms with Gasteiger partial charge < -0.3 is 24.1 Å². The highest BCUT2D eigenvalue weighted by Crippen LogP contribution is 2.36. The molecule has 0 fully saturated rings. The summed E-state index contributed by atoms with van der Waals surface area (Å²) in [6, 6.07) is 19.3. The lowest BCUT2D eigenvalue weighted by Crippen LogP contribution is -2.40. The molecular formula is C35H36N2O7S. The van der Waals surface area contributed by atoms with Crippen molar-refractivity contribution in [1.29, 1.82) is 0 Å². The number of nitrogens with zero attached hydrogens (tertiary/aromatic N) is 2. The van der Waals surface area contributed by atoms with E-state index >= 15 is 0 Å². The first-order chi connectivity index (χ1) is 21.7. The molecule has 1 aliphatic heterocycles. The standard InChI is InChI=1S/C35H36N2O7S/c1-6-42-28-16-24(12-14-26(28)38)17-30-33(39)37-32(31(22(4)36-35(37)45-30)34(40)44-19-21(2)3)25-13-15-27(29(18-25)41-5)43-20-23-10-8-7-9-11-23/h7-18,21,32,38H,6,19-20H2,1-5H3. The van der Waals surface area contributed by atoms with Gasteiger partial charge in [-0.25, -0.2) is 9.79 Å². The van der Waals surface area contributed by atoms with E-state index in [-0.39, 0.29) is 29.4 Å². The Hall–Kier alpha value is -4.83. The highest BCUT2D eigenvalue weighted by molar-refractivity contribution is 7.07. The Morgan fingerprint density at radius 1 is 1.04 bits per heavy atom. The molecule has 1 atom stereocenters. The van der Waals surface area contributed by atoms with Crippen molar-refractivity contribution in [1.82, 2.24) is 4.57 Å². The van der Waals surface area contributed by atoms with E-state index < -0.39 is 12.0 Å². The highest BCUT2D eigenvalue weighted by Gasteiger charge is 2.34. The summed E-state index contributed by atoms with van der Waals surface area (Å²) in [6.45, 7) is 8.45. The molecule has 5 rings (SSSR count). The molecule has 0 saturated heterocycles. The van der Waals surface area contributed by atoms with Crippen molar-refractivity contribution in [2.45, 2.75) is 40.3 Å². The van der Waals surface area contributed by atoms with Crippen molar-refractivity contribution < 1.29 is 28.8 Å². The van der Waals surface area contributed by atoms with Crippen molar-refractivity contribution >= 4 is 23.4 Å². The fourth-order valence-corrected chi connectivity index (χ4v) is 6.02. The van der Waals surface area contributed by atoms with Gasteiger partial charge in [0.2, 0.25) is 0 Å². The maximum Gasteiger partial charge on any atom is 0.338 e. The first-order valence-electron chi connectivity index (χ1n) is 14.7. The molecule has 1 aromatic heterocycles. The number of fused-ring (bicyclic) bond motifs is 1. The van der Waals surface area contributed by atoms with E-state index in [1.165, 1.54) is 22.0 Å². The van der Waals surface area contributed by atoms with E-state index in [0.29, 0.717) is 56.6 Å². The highest BCUT2D eigenvalue weighted by atomic mass is 32.1. The molecule has 1 N–H and O–H groups in total. The summed E-state index contributed by atoms with van der Waals surface area (Å²) in [5, 5.41) is 10.1. The zero-order chi connectivity index (χ0) is 32.1. The summed E-state index contributed by atoms with van der Waals surface area (Å²) >= 11 is 1.22. The van der Waals surface area contributed by atoms with Crippen LogP contribution in [0.5, 0.6) is 23.0 Å². The van der Waals surface area contributed by atoms with E-state index in [9.17, 15) is 14.7 Å². The number of thiazole rings is 1. The Labute approximate surface area is 265 Å². The average Bonchev–Trinajstić information content (AvgIpc) is 3.33. The fourth-order valence-electron chi connectivity index (χ4n) is 4.97. The minimum Gasteiger partial charge on any atom is -0.504 e. The fraction of sp³-hybridized carbons (Fsp3) is 0.286. The van der Waals surface area contributed by atoms with Gasteiger partial charge in [0.05, 0.1) is 42.2 Å². The van der Waals surface area contributed by atoms with Gasteiger partial charge in [-0.3, -0.25) is 9.36 Å². The number of hydrogen-bond acceptors (Lipinski definition) is 9. The maximum absolute atomic E-state index is 14.1. The second-order valence-corrected chi connectivity index (χ2v) is 11.9. The van der Waals surface area contributed by atoms with Crippen LogP contribution in [0.4, 0.5) is 0 Å². The molecule has 3 aromatic carbocycles. The van der Waals surface area contributed by atoms with Crippen LogP contribution in [0.1, 0.15) is 50.4 Å². The predicted molar refractivity (Wildman–Crippen MR) is 173 cm³/mol. The Balaban J connectivity index is 1.61. The molecule has 0 radical (unpaired) electrons. The van der Waals surface area contributed by atoms with Crippen LogP contribution in [0.25, 0.3) is 6.08 Å². The van der Waals surface area contributed by atoms with Gasteiger partial charge in [0.15, 0.2) is 27.8 Å². The van der Waals surface area contributed by atoms with Crippen LogP contribution in [0, 0.1) is 5.92 Å². The van der Waals surface area contributed by atoms with Gasteiger partial charge in [-0.15, -0.1) is 0 Å². The van der Waals surface area contributed by atoms with Gasteiger partial charge in [-0.2, -0.15) is 0 Å². The Morgan fingerprint density at radius 2 is 1.82 bits per heavy atom. The lowest BCUT2D eigenvalue weighted by Gasteiger charge is -2.25. The lowest BCUT2D eigenvalue weighted by molar-refractivity contribution is -0.140. The molecule has 4 aromatic rings. The molecule has 234 valence electrons. The number of aromatic nitrogens is 1. The molecule has 10 heteroatoms. The summed E-state index contributed by atoms with van der Waals surface area (Å²) < 4.78 is 24.9. The number of ether oxygens (including phenoxy) is 4. The summed E-state index contributed by atoms with van der Waals surface area (Å²) in [4.78, 5) is 32.8. The lowest BCUT2D eigenvalue weighted by atomic mass is 9.95. The number of phenols is 1. The van der Waals surface area contributed by atoms with Crippen LogP contribution in [0.15, 0.2) is 87.8 Å². The second-order valence-electron chi connectivity index (χ2n) is 10.9. The van der Waals surface area contributed by atoms with Crippen molar-refractivity contribution in [3.8, 4) is 23.0 Å². The number of allylic oxidation sites excluding steroid dienone is 1. The average molecular weight is 629 g/mol. The monoisotopic (exact) mass is 628 g/mol. The summed E-state index contributed by atoms with van der Waals surface area (Å²) in [7, 11) is 1.55. The smallest absolute Gasteiger partial charge is 0.338 e. The Morgan fingerprint density at radius 3 is 2.53 bits per heavy atom. The third kappa shape index (κ3) is 6.96. The van der Waals surface area contributed by atoms with Gasteiger partial charge in [0, 0.05) is 0 Å². The molecule has 0 saturated carbocycles. The first-order valence-corrected chi connectivity index (χ1v) is 15.5. The Kier molecular flexibility index (Phi) is 9.73. The van der Waals surface area contributed by atoms with E-state index in [2.05, 4.69) is 4.99 Å². The summed E-state index contributed by atoms with van der Waals surface area (Å²) in [5.41, 5.74) is 2.74. The van der Waals surface area contributed by atoms with Gasteiger partial charge >= 0.3 is 5.97 Å². The van der Waals surface area contributed by atoms with Gasteiger partial charge in [0.1, 0.15) is 6.61 Å². The number of aromatic hydroxyl groups is 1. The number of carbonyl (C=O) groups is 1.